The molecule has 2 saturated heterocycles. The summed E-state index contributed by atoms with van der Waals surface area (Å²) in [7, 11) is 0. The van der Waals surface area contributed by atoms with Crippen molar-refractivity contribution in [1.82, 2.24) is 15.3 Å². The van der Waals surface area contributed by atoms with E-state index < -0.39 is 0 Å². The minimum absolute atomic E-state index is 0.0453. The van der Waals surface area contributed by atoms with Crippen LogP contribution in [0.25, 0.3) is 11.0 Å². The number of hydrogen-bond acceptors (Lipinski definition) is 4. The Morgan fingerprint density at radius 3 is 2.47 bits per heavy atom. The summed E-state index contributed by atoms with van der Waals surface area (Å²) in [6, 6.07) is 15.6. The highest BCUT2D eigenvalue weighted by Crippen LogP contribution is 2.35. The van der Waals surface area contributed by atoms with Crippen molar-refractivity contribution in [2.75, 3.05) is 22.9 Å². The van der Waals surface area contributed by atoms with Gasteiger partial charge in [0.1, 0.15) is 11.9 Å². The average Bonchev–Trinajstić information content (AvgIpc) is 3.61. The molecule has 0 amide bonds. The van der Waals surface area contributed by atoms with Gasteiger partial charge in [-0.3, -0.25) is 4.99 Å². The van der Waals surface area contributed by atoms with Gasteiger partial charge in [0.25, 0.3) is 0 Å². The Morgan fingerprint density at radius 1 is 0.938 bits per heavy atom. The fourth-order valence-corrected chi connectivity index (χ4v) is 5.62. The number of imidazole rings is 1. The number of anilines is 2. The predicted molar refractivity (Wildman–Crippen MR) is 135 cm³/mol. The number of rotatable bonds is 4. The van der Waals surface area contributed by atoms with E-state index >= 15 is 0 Å². The van der Waals surface area contributed by atoms with Crippen LogP contribution >= 0.6 is 12.2 Å². The number of H-pyrrole nitrogens is 1. The van der Waals surface area contributed by atoms with Crippen LogP contribution in [0.15, 0.2) is 53.8 Å². The summed E-state index contributed by atoms with van der Waals surface area (Å²) in [5.41, 5.74) is 5.53. The number of nitrogens with zero attached hydrogens (tertiary/aromatic N) is 4. The van der Waals surface area contributed by atoms with Crippen molar-refractivity contribution < 1.29 is 0 Å². The molecule has 2 aromatic carbocycles. The SMILES string of the molecule is S=C1NC(=NC2CCCC2)C(c2ccc(N3CCCC3)cc2)N1c1ccc2nc[nH]c2c1. The van der Waals surface area contributed by atoms with E-state index in [-0.39, 0.29) is 6.04 Å². The molecule has 32 heavy (non-hydrogen) atoms. The molecule has 3 fully saturated rings. The zero-order valence-electron chi connectivity index (χ0n) is 18.1. The van der Waals surface area contributed by atoms with E-state index in [0.29, 0.717) is 11.2 Å². The maximum absolute atomic E-state index is 5.83. The minimum Gasteiger partial charge on any atom is -0.372 e. The minimum atomic E-state index is -0.0453. The van der Waals surface area contributed by atoms with E-state index in [2.05, 4.69) is 61.5 Å². The molecule has 3 aliphatic rings. The molecular formula is C25H28N6S. The quantitative estimate of drug-likeness (QED) is 0.558. The molecule has 0 spiro atoms. The average molecular weight is 445 g/mol. The smallest absolute Gasteiger partial charge is 0.179 e. The lowest BCUT2D eigenvalue weighted by atomic mass is 10.0. The number of aliphatic imine (C=N–C) groups is 1. The first kappa shape index (κ1) is 19.7. The van der Waals surface area contributed by atoms with Crippen LogP contribution in [0.3, 0.4) is 0 Å². The van der Waals surface area contributed by atoms with E-state index in [1.165, 1.54) is 49.8 Å². The lowest BCUT2D eigenvalue weighted by Gasteiger charge is -2.26. The van der Waals surface area contributed by atoms with Crippen LogP contribution in [-0.2, 0) is 0 Å². The molecule has 6 rings (SSSR count). The number of nitrogens with one attached hydrogen (secondary N) is 2. The number of fused-ring (bicyclic) bond motifs is 1. The van der Waals surface area contributed by atoms with Crippen LogP contribution in [0.1, 0.15) is 50.1 Å². The van der Waals surface area contributed by atoms with Crippen LogP contribution < -0.4 is 15.1 Å². The van der Waals surface area contributed by atoms with E-state index in [4.69, 9.17) is 17.2 Å². The Kier molecular flexibility index (Phi) is 5.06. The van der Waals surface area contributed by atoms with Crippen molar-refractivity contribution in [1.29, 1.82) is 0 Å². The molecule has 1 atom stereocenters. The van der Waals surface area contributed by atoms with Gasteiger partial charge in [0.15, 0.2) is 5.11 Å². The summed E-state index contributed by atoms with van der Waals surface area (Å²) < 4.78 is 0. The molecular weight excluding hydrogens is 416 g/mol. The summed E-state index contributed by atoms with van der Waals surface area (Å²) in [5, 5.41) is 4.16. The summed E-state index contributed by atoms with van der Waals surface area (Å²) >= 11 is 5.83. The van der Waals surface area contributed by atoms with Crippen molar-refractivity contribution in [2.45, 2.75) is 50.6 Å². The molecule has 1 aromatic heterocycles. The third kappa shape index (κ3) is 3.54. The lowest BCUT2D eigenvalue weighted by molar-refractivity contribution is 0.698. The van der Waals surface area contributed by atoms with Crippen LogP contribution in [0.4, 0.5) is 11.4 Å². The maximum atomic E-state index is 5.83. The zero-order valence-corrected chi connectivity index (χ0v) is 18.9. The van der Waals surface area contributed by atoms with Crippen LogP contribution in [0.5, 0.6) is 0 Å². The van der Waals surface area contributed by atoms with Gasteiger partial charge in [-0.15, -0.1) is 0 Å². The van der Waals surface area contributed by atoms with Crippen LogP contribution in [0.2, 0.25) is 0 Å². The standard InChI is InChI=1S/C25H28N6S/c32-25-29-24(28-18-5-1-2-6-18)23(17-7-9-19(10-8-17)30-13-3-4-14-30)31(25)20-11-12-21-22(15-20)27-16-26-21/h7-12,15-16,18,23H,1-6,13-14H2,(H,26,27)(H,28,29,32). The van der Waals surface area contributed by atoms with Gasteiger partial charge in [0, 0.05) is 24.5 Å². The zero-order chi connectivity index (χ0) is 21.5. The van der Waals surface area contributed by atoms with E-state index in [9.17, 15) is 0 Å². The largest absolute Gasteiger partial charge is 0.372 e. The summed E-state index contributed by atoms with van der Waals surface area (Å²) in [6.07, 6.45) is 9.16. The Labute approximate surface area is 193 Å². The summed E-state index contributed by atoms with van der Waals surface area (Å²) in [5.74, 6) is 0.973. The molecule has 3 aromatic rings. The second-order valence-electron chi connectivity index (χ2n) is 9.04. The number of amidine groups is 1. The fraction of sp³-hybridized carbons (Fsp3) is 0.400. The van der Waals surface area contributed by atoms with Crippen molar-refractivity contribution in [3.8, 4) is 0 Å². The first-order valence-corrected chi connectivity index (χ1v) is 12.1. The summed E-state index contributed by atoms with van der Waals surface area (Å²) in [4.78, 5) is 17.4. The molecule has 6 nitrogen and oxygen atoms in total. The van der Waals surface area contributed by atoms with E-state index in [1.54, 1.807) is 6.33 Å². The Hall–Kier alpha value is -2.93. The van der Waals surface area contributed by atoms with Crippen molar-refractivity contribution in [3.63, 3.8) is 0 Å². The third-order valence-corrected chi connectivity index (χ3v) is 7.28. The molecule has 7 heteroatoms. The van der Waals surface area contributed by atoms with Gasteiger partial charge in [-0.05, 0) is 73.8 Å². The van der Waals surface area contributed by atoms with Gasteiger partial charge < -0.3 is 20.1 Å². The molecule has 0 radical (unpaired) electrons. The monoisotopic (exact) mass is 444 g/mol. The third-order valence-electron chi connectivity index (χ3n) is 6.98. The molecule has 1 aliphatic carbocycles. The molecule has 164 valence electrons. The maximum Gasteiger partial charge on any atom is 0.179 e. The van der Waals surface area contributed by atoms with E-state index in [0.717, 1.165) is 35.6 Å². The molecule has 2 N–H and O–H groups in total. The van der Waals surface area contributed by atoms with Crippen molar-refractivity contribution in [3.05, 3.63) is 54.4 Å². The Bertz CT molecular complexity index is 1150. The Morgan fingerprint density at radius 2 is 1.69 bits per heavy atom. The van der Waals surface area contributed by atoms with Crippen LogP contribution in [0, 0.1) is 0 Å². The number of aromatic nitrogens is 2. The number of aromatic amines is 1. The first-order chi connectivity index (χ1) is 15.8. The number of thiocarbonyl (C=S) groups is 1. The van der Waals surface area contributed by atoms with Gasteiger partial charge in [-0.1, -0.05) is 25.0 Å². The van der Waals surface area contributed by atoms with Gasteiger partial charge in [-0.25, -0.2) is 4.98 Å². The molecule has 1 unspecified atom stereocenters. The highest BCUT2D eigenvalue weighted by molar-refractivity contribution is 7.80. The topological polar surface area (TPSA) is 59.6 Å². The first-order valence-electron chi connectivity index (χ1n) is 11.7. The second-order valence-corrected chi connectivity index (χ2v) is 9.43. The number of hydrogen-bond donors (Lipinski definition) is 2. The molecule has 2 aliphatic heterocycles. The predicted octanol–water partition coefficient (Wildman–Crippen LogP) is 4.94. The van der Waals surface area contributed by atoms with Crippen molar-refractivity contribution in [2.24, 2.45) is 4.99 Å². The molecule has 3 heterocycles. The van der Waals surface area contributed by atoms with Gasteiger partial charge in [0.05, 0.1) is 23.4 Å². The number of benzene rings is 2. The molecule has 1 saturated carbocycles. The second kappa shape index (κ2) is 8.20. The lowest BCUT2D eigenvalue weighted by Crippen LogP contribution is -2.29. The fourth-order valence-electron chi connectivity index (χ4n) is 5.30. The normalized spacial score (nSPS) is 23.1. The summed E-state index contributed by atoms with van der Waals surface area (Å²) in [6.45, 7) is 2.30. The van der Waals surface area contributed by atoms with Crippen LogP contribution in [-0.4, -0.2) is 40.0 Å². The Balaban J connectivity index is 1.40. The van der Waals surface area contributed by atoms with Gasteiger partial charge in [0.2, 0.25) is 0 Å². The van der Waals surface area contributed by atoms with E-state index in [1.807, 2.05) is 6.07 Å². The van der Waals surface area contributed by atoms with Gasteiger partial charge in [-0.2, -0.15) is 0 Å². The highest BCUT2D eigenvalue weighted by Gasteiger charge is 2.37. The van der Waals surface area contributed by atoms with Crippen molar-refractivity contribution >= 4 is 45.6 Å². The van der Waals surface area contributed by atoms with Gasteiger partial charge >= 0.3 is 0 Å². The highest BCUT2D eigenvalue weighted by atomic mass is 32.1. The molecule has 0 bridgehead atoms.